The van der Waals surface area contributed by atoms with Crippen molar-refractivity contribution in [2.45, 2.75) is 187 Å². The first kappa shape index (κ1) is 48.5. The van der Waals surface area contributed by atoms with Crippen molar-refractivity contribution in [3.8, 4) is 0 Å². The number of aliphatic carboxylic acids is 1. The molecule has 0 spiro atoms. The lowest BCUT2D eigenvalue weighted by atomic mass is 10.0. The van der Waals surface area contributed by atoms with Gasteiger partial charge in [0.1, 0.15) is 12.1 Å². The number of nitrogens with two attached hydrogens (primary N) is 1. The van der Waals surface area contributed by atoms with Gasteiger partial charge < -0.3 is 25.2 Å². The average Bonchev–Trinajstić information content (AvgIpc) is 3.09. The van der Waals surface area contributed by atoms with Gasteiger partial charge in [0.25, 0.3) is 0 Å². The summed E-state index contributed by atoms with van der Waals surface area (Å²) in [6, 6.07) is -1.47. The fourth-order valence-electron chi connectivity index (χ4n) is 5.33. The number of carbonyl (C=O) groups excluding carboxylic acids is 1. The van der Waals surface area contributed by atoms with E-state index in [0.29, 0.717) is 13.0 Å². The molecule has 0 aromatic heterocycles. The molecular weight excluding hydrogens is 657 g/mol. The van der Waals surface area contributed by atoms with Crippen molar-refractivity contribution >= 4 is 19.8 Å². The predicted octanol–water partition coefficient (Wildman–Crippen LogP) is 10.4. The number of phosphoric ester groups is 1. The molecule has 11 heteroatoms. The van der Waals surface area contributed by atoms with Gasteiger partial charge in [-0.15, -0.1) is 0 Å². The van der Waals surface area contributed by atoms with Gasteiger partial charge in [0.2, 0.25) is 0 Å². The van der Waals surface area contributed by atoms with Crippen LogP contribution in [0.4, 0.5) is 0 Å². The third kappa shape index (κ3) is 34.9. The Morgan fingerprint density at radius 1 is 0.640 bits per heavy atom. The number of rotatable bonds is 38. The Bertz CT molecular complexity index is 899. The number of carboxylic acids is 1. The van der Waals surface area contributed by atoms with E-state index in [-0.39, 0.29) is 13.0 Å². The van der Waals surface area contributed by atoms with E-state index >= 15 is 0 Å². The van der Waals surface area contributed by atoms with E-state index in [0.717, 1.165) is 64.2 Å². The molecule has 0 bridgehead atoms. The van der Waals surface area contributed by atoms with Crippen molar-refractivity contribution in [1.82, 2.24) is 0 Å². The van der Waals surface area contributed by atoms with Gasteiger partial charge in [-0.3, -0.25) is 18.6 Å². The Balaban J connectivity index is 4.30. The topological polar surface area (TPSA) is 155 Å². The standard InChI is InChI=1S/C39H74NO9P/c1-3-5-7-9-11-13-15-17-19-21-23-25-27-29-31-38(41)49-36(34-47-50(44,45)48-35-37(40)39(42)43)33-46-32-30-28-26-24-22-20-18-16-14-12-10-8-6-4-2/h9,11,15,17,36-37H,3-8,10,12-14,16,18-35,40H2,1-2H3,(H,42,43)(H,44,45)/b11-9-,17-15-/t36-,37+/m1/s1. The van der Waals surface area contributed by atoms with Crippen molar-refractivity contribution < 1.29 is 42.7 Å². The van der Waals surface area contributed by atoms with Crippen LogP contribution in [-0.4, -0.2) is 60.5 Å². The van der Waals surface area contributed by atoms with Crippen molar-refractivity contribution in [3.05, 3.63) is 24.3 Å². The summed E-state index contributed by atoms with van der Waals surface area (Å²) in [6.07, 6.45) is 36.5. The van der Waals surface area contributed by atoms with Crippen molar-refractivity contribution in [1.29, 1.82) is 0 Å². The zero-order chi connectivity index (χ0) is 37.0. The van der Waals surface area contributed by atoms with Crippen LogP contribution in [0.1, 0.15) is 174 Å². The fourth-order valence-corrected chi connectivity index (χ4v) is 6.10. The maximum absolute atomic E-state index is 12.6. The van der Waals surface area contributed by atoms with E-state index in [2.05, 4.69) is 38.2 Å². The maximum atomic E-state index is 12.6. The number of carbonyl (C=O) groups is 2. The lowest BCUT2D eigenvalue weighted by molar-refractivity contribution is -0.154. The maximum Gasteiger partial charge on any atom is 0.472 e. The van der Waals surface area contributed by atoms with Crippen molar-refractivity contribution in [3.63, 3.8) is 0 Å². The Hall–Kier alpha value is -1.55. The quantitative estimate of drug-likeness (QED) is 0.0242. The van der Waals surface area contributed by atoms with Crippen LogP contribution in [0.3, 0.4) is 0 Å². The van der Waals surface area contributed by atoms with Gasteiger partial charge in [-0.05, 0) is 38.5 Å². The first-order chi connectivity index (χ1) is 24.2. The van der Waals surface area contributed by atoms with Gasteiger partial charge in [0.15, 0.2) is 0 Å². The molecule has 0 saturated carbocycles. The number of allylic oxidation sites excluding steroid dienone is 4. The summed E-state index contributed by atoms with van der Waals surface area (Å²) in [5.41, 5.74) is 5.34. The van der Waals surface area contributed by atoms with Crippen molar-refractivity contribution in [2.24, 2.45) is 5.73 Å². The highest BCUT2D eigenvalue weighted by molar-refractivity contribution is 7.47. The van der Waals surface area contributed by atoms with Gasteiger partial charge in [-0.1, -0.05) is 154 Å². The van der Waals surface area contributed by atoms with Crippen LogP contribution in [0.25, 0.3) is 0 Å². The highest BCUT2D eigenvalue weighted by Crippen LogP contribution is 2.43. The number of esters is 1. The normalized spacial score (nSPS) is 14.3. The summed E-state index contributed by atoms with van der Waals surface area (Å²) in [4.78, 5) is 33.4. The third-order valence-corrected chi connectivity index (χ3v) is 9.43. The summed E-state index contributed by atoms with van der Waals surface area (Å²) in [5, 5.41) is 8.87. The first-order valence-corrected chi connectivity index (χ1v) is 21.4. The van der Waals surface area contributed by atoms with Gasteiger partial charge in [-0.2, -0.15) is 0 Å². The molecule has 1 unspecified atom stereocenters. The highest BCUT2D eigenvalue weighted by Gasteiger charge is 2.27. The summed E-state index contributed by atoms with van der Waals surface area (Å²) < 4.78 is 33.2. The minimum Gasteiger partial charge on any atom is -0.480 e. The number of hydrogen-bond donors (Lipinski definition) is 3. The Labute approximate surface area is 304 Å². The number of ether oxygens (including phenoxy) is 2. The van der Waals surface area contributed by atoms with Crippen LogP contribution in [-0.2, 0) is 32.7 Å². The van der Waals surface area contributed by atoms with Crippen molar-refractivity contribution in [2.75, 3.05) is 26.4 Å². The first-order valence-electron chi connectivity index (χ1n) is 19.9. The summed E-state index contributed by atoms with van der Waals surface area (Å²) in [7, 11) is -4.61. The molecule has 0 aliphatic rings. The summed E-state index contributed by atoms with van der Waals surface area (Å²) >= 11 is 0. The second kappa shape index (κ2) is 35.8. The highest BCUT2D eigenvalue weighted by atomic mass is 31.2. The smallest absolute Gasteiger partial charge is 0.472 e. The Morgan fingerprint density at radius 3 is 1.68 bits per heavy atom. The molecule has 294 valence electrons. The zero-order valence-electron chi connectivity index (χ0n) is 31.7. The summed E-state index contributed by atoms with van der Waals surface area (Å²) in [6.45, 7) is 3.83. The van der Waals surface area contributed by atoms with E-state index in [1.54, 1.807) is 0 Å². The molecule has 10 nitrogen and oxygen atoms in total. The molecule has 0 heterocycles. The molecule has 0 aromatic carbocycles. The molecule has 50 heavy (non-hydrogen) atoms. The van der Waals surface area contributed by atoms with Crippen LogP contribution >= 0.6 is 7.82 Å². The number of hydrogen-bond acceptors (Lipinski definition) is 8. The largest absolute Gasteiger partial charge is 0.480 e. The monoisotopic (exact) mass is 732 g/mol. The average molecular weight is 732 g/mol. The van der Waals surface area contributed by atoms with Gasteiger partial charge in [0.05, 0.1) is 19.8 Å². The second-order valence-electron chi connectivity index (χ2n) is 13.4. The molecule has 0 saturated heterocycles. The van der Waals surface area contributed by atoms with Gasteiger partial charge in [-0.25, -0.2) is 4.57 Å². The Kier molecular flexibility index (Phi) is 34.7. The van der Waals surface area contributed by atoms with Crippen LogP contribution in [0.2, 0.25) is 0 Å². The van der Waals surface area contributed by atoms with E-state index in [1.165, 1.54) is 83.5 Å². The zero-order valence-corrected chi connectivity index (χ0v) is 32.6. The fraction of sp³-hybridized carbons (Fsp3) is 0.846. The lowest BCUT2D eigenvalue weighted by Crippen LogP contribution is -2.34. The van der Waals surface area contributed by atoms with Gasteiger partial charge >= 0.3 is 19.8 Å². The molecule has 3 atom stereocenters. The van der Waals surface area contributed by atoms with E-state index in [4.69, 9.17) is 29.4 Å². The predicted molar refractivity (Wildman–Crippen MR) is 203 cm³/mol. The van der Waals surface area contributed by atoms with E-state index in [1.807, 2.05) is 0 Å². The molecule has 0 rings (SSSR count). The van der Waals surface area contributed by atoms with Crippen LogP contribution in [0, 0.1) is 0 Å². The number of carboxylic acid groups (broad SMARTS) is 1. The second-order valence-corrected chi connectivity index (χ2v) is 14.9. The summed E-state index contributed by atoms with van der Waals surface area (Å²) in [5.74, 6) is -1.79. The number of unbranched alkanes of at least 4 members (excludes halogenated alkanes) is 20. The molecule has 0 aliphatic heterocycles. The molecule has 0 fully saturated rings. The Morgan fingerprint density at radius 2 is 1.12 bits per heavy atom. The van der Waals surface area contributed by atoms with Gasteiger partial charge in [0, 0.05) is 13.0 Å². The molecular formula is C39H74NO9P. The SMILES string of the molecule is CCCC/C=C\C/C=C\CCCCCCCC(=O)O[C@H](COCCCCCCCCCCCCCCCC)COP(=O)(O)OC[C@H](N)C(=O)O. The number of phosphoric acid groups is 1. The minimum absolute atomic E-state index is 0.0148. The lowest BCUT2D eigenvalue weighted by Gasteiger charge is -2.20. The van der Waals surface area contributed by atoms with Crippen LogP contribution < -0.4 is 5.73 Å². The third-order valence-electron chi connectivity index (χ3n) is 8.48. The van der Waals surface area contributed by atoms with E-state index in [9.17, 15) is 19.0 Å². The minimum atomic E-state index is -4.61. The molecule has 0 amide bonds. The van der Waals surface area contributed by atoms with Crippen LogP contribution in [0.5, 0.6) is 0 Å². The van der Waals surface area contributed by atoms with Crippen LogP contribution in [0.15, 0.2) is 24.3 Å². The molecule has 4 N–H and O–H groups in total. The molecule has 0 aromatic rings. The molecule has 0 radical (unpaired) electrons. The van der Waals surface area contributed by atoms with E-state index < -0.39 is 45.1 Å². The molecule has 0 aliphatic carbocycles.